The number of ether oxygens (including phenoxy) is 1. The summed E-state index contributed by atoms with van der Waals surface area (Å²) in [5.41, 5.74) is 2.26. The molecule has 1 aromatic rings. The van der Waals surface area contributed by atoms with Crippen molar-refractivity contribution in [3.63, 3.8) is 0 Å². The molecule has 2 heteroatoms. The number of fused-ring (bicyclic) bond motifs is 1. The molecule has 0 aromatic heterocycles. The first-order chi connectivity index (χ1) is 6.68. The van der Waals surface area contributed by atoms with E-state index in [1.165, 1.54) is 12.5 Å². The minimum absolute atomic E-state index is 0.264. The monoisotopic (exact) mass is 188 g/mol. The van der Waals surface area contributed by atoms with Crippen LogP contribution >= 0.6 is 0 Å². The van der Waals surface area contributed by atoms with Crippen LogP contribution in [0.1, 0.15) is 30.9 Å². The molecule has 0 N–H and O–H groups in total. The van der Waals surface area contributed by atoms with Crippen LogP contribution in [0.15, 0.2) is 30.3 Å². The number of hydrogen-bond donors (Lipinski definition) is 0. The van der Waals surface area contributed by atoms with E-state index >= 15 is 0 Å². The van der Waals surface area contributed by atoms with Gasteiger partial charge in [-0.25, -0.2) is 0 Å². The molecule has 0 bridgehead atoms. The number of carbonyl (C=O) groups is 1. The highest BCUT2D eigenvalue weighted by molar-refractivity contribution is 5.79. The quantitative estimate of drug-likeness (QED) is 0.633. The second-order valence-corrected chi connectivity index (χ2v) is 3.50. The van der Waals surface area contributed by atoms with Gasteiger partial charge in [-0.15, -0.1) is 0 Å². The molecule has 72 valence electrons. The lowest BCUT2D eigenvalue weighted by molar-refractivity contribution is -0.134. The summed E-state index contributed by atoms with van der Waals surface area (Å²) in [7, 11) is 0. The zero-order valence-electron chi connectivity index (χ0n) is 8.28. The van der Waals surface area contributed by atoms with Gasteiger partial charge in [0, 0.05) is 18.4 Å². The summed E-state index contributed by atoms with van der Waals surface area (Å²) in [6, 6.07) is 7.99. The molecular weight excluding hydrogens is 176 g/mol. The molecule has 2 nitrogen and oxygen atoms in total. The molecule has 0 saturated carbocycles. The van der Waals surface area contributed by atoms with E-state index in [0.717, 1.165) is 5.56 Å². The third kappa shape index (κ3) is 1.43. The first-order valence-corrected chi connectivity index (χ1v) is 4.68. The molecule has 1 atom stereocenters. The van der Waals surface area contributed by atoms with Gasteiger partial charge >= 0.3 is 5.97 Å². The summed E-state index contributed by atoms with van der Waals surface area (Å²) in [4.78, 5) is 10.9. The van der Waals surface area contributed by atoms with Gasteiger partial charge in [0.2, 0.25) is 0 Å². The Balaban J connectivity index is 2.38. The molecule has 1 aliphatic carbocycles. The fraction of sp³-hybridized carbons (Fsp3) is 0.250. The van der Waals surface area contributed by atoms with Crippen LogP contribution in [0.4, 0.5) is 0 Å². The summed E-state index contributed by atoms with van der Waals surface area (Å²) >= 11 is 0. The van der Waals surface area contributed by atoms with Crippen LogP contribution in [0.3, 0.4) is 0 Å². The molecule has 0 radical (unpaired) electrons. The lowest BCUT2D eigenvalue weighted by Crippen LogP contribution is -1.96. The SMILES string of the molecule is CC(=O)OC1=C[C@H](C)c2ccccc21. The van der Waals surface area contributed by atoms with Crippen molar-refractivity contribution in [1.29, 1.82) is 0 Å². The predicted molar refractivity (Wildman–Crippen MR) is 54.6 cm³/mol. The predicted octanol–water partition coefficient (Wildman–Crippen LogP) is 2.71. The van der Waals surface area contributed by atoms with Crippen LogP contribution in [0, 0.1) is 0 Å². The first kappa shape index (κ1) is 9.00. The molecule has 0 spiro atoms. The Kier molecular flexibility index (Phi) is 2.12. The molecule has 0 unspecified atom stereocenters. The summed E-state index contributed by atoms with van der Waals surface area (Å²) < 4.78 is 5.13. The Morgan fingerprint density at radius 3 is 2.79 bits per heavy atom. The lowest BCUT2D eigenvalue weighted by Gasteiger charge is -2.04. The topological polar surface area (TPSA) is 26.3 Å². The van der Waals surface area contributed by atoms with Gasteiger partial charge in [-0.2, -0.15) is 0 Å². The summed E-state index contributed by atoms with van der Waals surface area (Å²) in [6.45, 7) is 3.52. The maximum Gasteiger partial charge on any atom is 0.308 e. The maximum atomic E-state index is 10.9. The molecule has 2 rings (SSSR count). The Hall–Kier alpha value is -1.57. The normalized spacial score (nSPS) is 18.7. The second kappa shape index (κ2) is 3.29. The number of allylic oxidation sites excluding steroid dienone is 1. The molecule has 0 aliphatic heterocycles. The smallest absolute Gasteiger partial charge is 0.308 e. The van der Waals surface area contributed by atoms with Crippen LogP contribution in [0.5, 0.6) is 0 Å². The maximum absolute atomic E-state index is 10.9. The van der Waals surface area contributed by atoms with Crippen molar-refractivity contribution >= 4 is 11.7 Å². The average molecular weight is 188 g/mol. The minimum atomic E-state index is -0.264. The number of carbonyl (C=O) groups excluding carboxylic acids is 1. The lowest BCUT2D eigenvalue weighted by atomic mass is 10.0. The Morgan fingerprint density at radius 2 is 2.07 bits per heavy atom. The Morgan fingerprint density at radius 1 is 1.36 bits per heavy atom. The van der Waals surface area contributed by atoms with Crippen molar-refractivity contribution in [2.24, 2.45) is 0 Å². The van der Waals surface area contributed by atoms with Crippen molar-refractivity contribution < 1.29 is 9.53 Å². The Bertz CT molecular complexity index is 405. The van der Waals surface area contributed by atoms with Crippen LogP contribution in [0.25, 0.3) is 5.76 Å². The third-order valence-corrected chi connectivity index (χ3v) is 2.37. The van der Waals surface area contributed by atoms with E-state index in [0.29, 0.717) is 11.7 Å². The van der Waals surface area contributed by atoms with E-state index < -0.39 is 0 Å². The van der Waals surface area contributed by atoms with E-state index in [1.807, 2.05) is 24.3 Å². The molecule has 1 aliphatic rings. The highest BCUT2D eigenvalue weighted by Crippen LogP contribution is 2.35. The molecule has 0 saturated heterocycles. The van der Waals surface area contributed by atoms with Gasteiger partial charge in [0.15, 0.2) is 0 Å². The molecule has 14 heavy (non-hydrogen) atoms. The van der Waals surface area contributed by atoms with Gasteiger partial charge in [0.25, 0.3) is 0 Å². The molecule has 0 fully saturated rings. The van der Waals surface area contributed by atoms with Crippen LogP contribution < -0.4 is 0 Å². The van der Waals surface area contributed by atoms with Gasteiger partial charge < -0.3 is 4.74 Å². The summed E-state index contributed by atoms with van der Waals surface area (Å²) in [5, 5.41) is 0. The number of hydrogen-bond acceptors (Lipinski definition) is 2. The number of rotatable bonds is 1. The fourth-order valence-corrected chi connectivity index (χ4v) is 1.77. The molecular formula is C12H12O2. The van der Waals surface area contributed by atoms with E-state index in [1.54, 1.807) is 0 Å². The van der Waals surface area contributed by atoms with Crippen molar-refractivity contribution in [3.05, 3.63) is 41.5 Å². The third-order valence-electron chi connectivity index (χ3n) is 2.37. The second-order valence-electron chi connectivity index (χ2n) is 3.50. The zero-order chi connectivity index (χ0) is 10.1. The highest BCUT2D eigenvalue weighted by Gasteiger charge is 2.21. The van der Waals surface area contributed by atoms with Crippen molar-refractivity contribution in [2.75, 3.05) is 0 Å². The van der Waals surface area contributed by atoms with Gasteiger partial charge in [0.1, 0.15) is 5.76 Å². The molecule has 1 aromatic carbocycles. The standard InChI is InChI=1S/C12H12O2/c1-8-7-12(14-9(2)13)11-6-4-3-5-10(8)11/h3-8H,1-2H3/t8-/m0/s1. The highest BCUT2D eigenvalue weighted by atomic mass is 16.5. The van der Waals surface area contributed by atoms with E-state index in [9.17, 15) is 4.79 Å². The first-order valence-electron chi connectivity index (χ1n) is 4.68. The van der Waals surface area contributed by atoms with E-state index in [-0.39, 0.29) is 5.97 Å². The van der Waals surface area contributed by atoms with Gasteiger partial charge in [0.05, 0.1) is 0 Å². The van der Waals surface area contributed by atoms with Crippen LogP contribution in [-0.4, -0.2) is 5.97 Å². The van der Waals surface area contributed by atoms with Gasteiger partial charge in [-0.05, 0) is 11.6 Å². The minimum Gasteiger partial charge on any atom is -0.426 e. The summed E-state index contributed by atoms with van der Waals surface area (Å²) in [6.07, 6.45) is 1.98. The van der Waals surface area contributed by atoms with E-state index in [2.05, 4.69) is 13.0 Å². The van der Waals surface area contributed by atoms with Crippen molar-refractivity contribution in [3.8, 4) is 0 Å². The summed E-state index contributed by atoms with van der Waals surface area (Å²) in [5.74, 6) is 0.765. The molecule has 0 amide bonds. The van der Waals surface area contributed by atoms with Crippen LogP contribution in [-0.2, 0) is 9.53 Å². The largest absolute Gasteiger partial charge is 0.426 e. The van der Waals surface area contributed by atoms with Crippen molar-refractivity contribution in [2.45, 2.75) is 19.8 Å². The number of benzene rings is 1. The van der Waals surface area contributed by atoms with Gasteiger partial charge in [-0.3, -0.25) is 4.79 Å². The van der Waals surface area contributed by atoms with Crippen LogP contribution in [0.2, 0.25) is 0 Å². The molecule has 0 heterocycles. The zero-order valence-corrected chi connectivity index (χ0v) is 8.28. The van der Waals surface area contributed by atoms with Gasteiger partial charge in [-0.1, -0.05) is 31.2 Å². The average Bonchev–Trinajstić information content (AvgIpc) is 2.44. The number of esters is 1. The van der Waals surface area contributed by atoms with E-state index in [4.69, 9.17) is 4.74 Å². The fourth-order valence-electron chi connectivity index (χ4n) is 1.77. The van der Waals surface area contributed by atoms with Crippen molar-refractivity contribution in [1.82, 2.24) is 0 Å². The Labute approximate surface area is 83.2 Å².